The van der Waals surface area contributed by atoms with Crippen LogP contribution in [0.2, 0.25) is 0 Å². The average Bonchev–Trinajstić information content (AvgIpc) is 3.23. The molecule has 0 aromatic heterocycles. The lowest BCUT2D eigenvalue weighted by Crippen LogP contribution is -2.44. The van der Waals surface area contributed by atoms with Crippen LogP contribution in [0, 0.1) is 5.82 Å². The third-order valence-electron chi connectivity index (χ3n) is 5.01. The maximum atomic E-state index is 12.8. The summed E-state index contributed by atoms with van der Waals surface area (Å²) < 4.78 is 17.7. The topological polar surface area (TPSA) is 105 Å². The second kappa shape index (κ2) is 8.37. The van der Waals surface area contributed by atoms with Crippen LogP contribution in [-0.2, 0) is 25.7 Å². The van der Waals surface area contributed by atoms with Gasteiger partial charge in [-0.3, -0.25) is 19.3 Å². The fourth-order valence-corrected chi connectivity index (χ4v) is 3.47. The summed E-state index contributed by atoms with van der Waals surface area (Å²) in [5.74, 6) is -1.84. The summed E-state index contributed by atoms with van der Waals surface area (Å²) >= 11 is 0. The minimum absolute atomic E-state index is 0.0809. The molecule has 0 bridgehead atoms. The number of ether oxygens (including phenoxy) is 1. The zero-order valence-electron chi connectivity index (χ0n) is 15.3. The van der Waals surface area contributed by atoms with Crippen LogP contribution in [0.15, 0.2) is 24.3 Å². The quantitative estimate of drug-likeness (QED) is 0.538. The number of carbonyl (C=O) groups excluding carboxylic acids is 4. The second-order valence-corrected chi connectivity index (χ2v) is 6.99. The predicted octanol–water partition coefficient (Wildman–Crippen LogP) is 1.24. The van der Waals surface area contributed by atoms with Crippen molar-refractivity contribution in [2.45, 2.75) is 44.2 Å². The molecular weight excluding hydrogens is 369 g/mol. The van der Waals surface area contributed by atoms with Gasteiger partial charge in [-0.1, -0.05) is 25.0 Å². The van der Waals surface area contributed by atoms with Crippen molar-refractivity contribution in [2.24, 2.45) is 0 Å². The van der Waals surface area contributed by atoms with E-state index in [2.05, 4.69) is 10.6 Å². The Morgan fingerprint density at radius 3 is 2.54 bits per heavy atom. The average molecular weight is 391 g/mol. The van der Waals surface area contributed by atoms with Crippen molar-refractivity contribution < 1.29 is 28.3 Å². The number of esters is 1. The van der Waals surface area contributed by atoms with Gasteiger partial charge in [0.15, 0.2) is 6.61 Å². The molecule has 0 unspecified atom stereocenters. The first-order chi connectivity index (χ1) is 13.4. The summed E-state index contributed by atoms with van der Waals surface area (Å²) in [6.45, 7) is -0.367. The molecule has 1 spiro atoms. The number of benzene rings is 1. The molecule has 1 aromatic carbocycles. The van der Waals surface area contributed by atoms with Gasteiger partial charge in [-0.15, -0.1) is 0 Å². The van der Waals surface area contributed by atoms with Gasteiger partial charge in [-0.05, 0) is 30.5 Å². The second-order valence-electron chi connectivity index (χ2n) is 6.99. The first-order valence-corrected chi connectivity index (χ1v) is 9.20. The Labute approximate surface area is 161 Å². The first kappa shape index (κ1) is 19.8. The summed E-state index contributed by atoms with van der Waals surface area (Å²) in [5, 5.41) is 5.29. The number of amides is 4. The number of halogens is 1. The highest BCUT2D eigenvalue weighted by molar-refractivity contribution is 6.07. The molecule has 2 aliphatic rings. The van der Waals surface area contributed by atoms with E-state index in [0.29, 0.717) is 18.4 Å². The van der Waals surface area contributed by atoms with E-state index in [1.165, 1.54) is 24.3 Å². The molecule has 1 saturated heterocycles. The Balaban J connectivity index is 1.37. The van der Waals surface area contributed by atoms with E-state index < -0.39 is 30.1 Å². The van der Waals surface area contributed by atoms with Crippen molar-refractivity contribution in [3.63, 3.8) is 0 Å². The minimum atomic E-state index is -0.804. The SMILES string of the molecule is O=C(COC(=O)CCN1C(=O)NC2(CCCC2)C1=O)NCc1ccc(F)cc1. The molecule has 1 aliphatic heterocycles. The fourth-order valence-electron chi connectivity index (χ4n) is 3.47. The van der Waals surface area contributed by atoms with Gasteiger partial charge in [-0.2, -0.15) is 0 Å². The van der Waals surface area contributed by atoms with Crippen LogP contribution < -0.4 is 10.6 Å². The molecule has 9 heteroatoms. The molecule has 1 heterocycles. The lowest BCUT2D eigenvalue weighted by molar-refractivity contribution is -0.149. The number of urea groups is 1. The standard InChI is InChI=1S/C19H22FN3O5/c20-14-5-3-13(4-6-14)11-21-15(24)12-28-16(25)7-10-23-17(26)19(22-18(23)27)8-1-2-9-19/h3-6H,1-2,7-12H2,(H,21,24)(H,22,27). The zero-order chi connectivity index (χ0) is 20.1. The highest BCUT2D eigenvalue weighted by atomic mass is 19.1. The number of carbonyl (C=O) groups is 4. The molecule has 1 saturated carbocycles. The fraction of sp³-hybridized carbons (Fsp3) is 0.474. The van der Waals surface area contributed by atoms with Crippen molar-refractivity contribution in [3.8, 4) is 0 Å². The minimum Gasteiger partial charge on any atom is -0.456 e. The molecule has 150 valence electrons. The molecule has 8 nitrogen and oxygen atoms in total. The zero-order valence-corrected chi connectivity index (χ0v) is 15.3. The summed E-state index contributed by atoms with van der Waals surface area (Å²) in [4.78, 5) is 49.1. The summed E-state index contributed by atoms with van der Waals surface area (Å²) in [7, 11) is 0. The molecule has 0 atom stereocenters. The van der Waals surface area contributed by atoms with Gasteiger partial charge in [0.25, 0.3) is 11.8 Å². The van der Waals surface area contributed by atoms with Crippen LogP contribution in [0.5, 0.6) is 0 Å². The lowest BCUT2D eigenvalue weighted by atomic mass is 9.98. The molecule has 1 aliphatic carbocycles. The Morgan fingerprint density at radius 1 is 1.18 bits per heavy atom. The number of hydrogen-bond acceptors (Lipinski definition) is 5. The van der Waals surface area contributed by atoms with Gasteiger partial charge in [0.2, 0.25) is 0 Å². The van der Waals surface area contributed by atoms with Crippen molar-refractivity contribution in [1.82, 2.24) is 15.5 Å². The van der Waals surface area contributed by atoms with E-state index in [0.717, 1.165) is 17.7 Å². The highest BCUT2D eigenvalue weighted by Gasteiger charge is 2.52. The van der Waals surface area contributed by atoms with Gasteiger partial charge in [0, 0.05) is 13.1 Å². The largest absolute Gasteiger partial charge is 0.456 e. The van der Waals surface area contributed by atoms with Crippen molar-refractivity contribution in [2.75, 3.05) is 13.2 Å². The first-order valence-electron chi connectivity index (χ1n) is 9.20. The molecule has 2 fully saturated rings. The van der Waals surface area contributed by atoms with Crippen LogP contribution in [0.3, 0.4) is 0 Å². The molecule has 3 rings (SSSR count). The van der Waals surface area contributed by atoms with E-state index in [9.17, 15) is 23.6 Å². The van der Waals surface area contributed by atoms with Crippen molar-refractivity contribution in [3.05, 3.63) is 35.6 Å². The smallest absolute Gasteiger partial charge is 0.325 e. The van der Waals surface area contributed by atoms with Gasteiger partial charge >= 0.3 is 12.0 Å². The monoisotopic (exact) mass is 391 g/mol. The van der Waals surface area contributed by atoms with Gasteiger partial charge in [0.1, 0.15) is 11.4 Å². The van der Waals surface area contributed by atoms with E-state index in [1.807, 2.05) is 0 Å². The van der Waals surface area contributed by atoms with E-state index in [1.54, 1.807) is 0 Å². The summed E-state index contributed by atoms with van der Waals surface area (Å²) in [5.41, 5.74) is -0.0956. The maximum Gasteiger partial charge on any atom is 0.325 e. The third kappa shape index (κ3) is 4.47. The Kier molecular flexibility index (Phi) is 5.91. The number of rotatable bonds is 7. The van der Waals surface area contributed by atoms with E-state index in [4.69, 9.17) is 4.74 Å². The Hall–Kier alpha value is -2.97. The molecule has 28 heavy (non-hydrogen) atoms. The lowest BCUT2D eigenvalue weighted by Gasteiger charge is -2.19. The number of imide groups is 1. The molecule has 2 N–H and O–H groups in total. The molecular formula is C19H22FN3O5. The van der Waals surface area contributed by atoms with E-state index in [-0.39, 0.29) is 31.2 Å². The highest BCUT2D eigenvalue weighted by Crippen LogP contribution is 2.34. The van der Waals surface area contributed by atoms with Crippen LogP contribution >= 0.6 is 0 Å². The van der Waals surface area contributed by atoms with Crippen molar-refractivity contribution in [1.29, 1.82) is 0 Å². The van der Waals surface area contributed by atoms with Crippen LogP contribution in [0.4, 0.5) is 9.18 Å². The van der Waals surface area contributed by atoms with Gasteiger partial charge in [-0.25, -0.2) is 9.18 Å². The number of hydrogen-bond donors (Lipinski definition) is 2. The summed E-state index contributed by atoms with van der Waals surface area (Å²) in [6.07, 6.45) is 2.82. The predicted molar refractivity (Wildman–Crippen MR) is 95.3 cm³/mol. The Bertz CT molecular complexity index is 774. The molecule has 4 amide bonds. The van der Waals surface area contributed by atoms with Gasteiger partial charge < -0.3 is 15.4 Å². The Morgan fingerprint density at radius 2 is 1.86 bits per heavy atom. The molecule has 1 aromatic rings. The third-order valence-corrected chi connectivity index (χ3v) is 5.01. The van der Waals surface area contributed by atoms with Crippen LogP contribution in [0.1, 0.15) is 37.7 Å². The van der Waals surface area contributed by atoms with Crippen LogP contribution in [0.25, 0.3) is 0 Å². The maximum absolute atomic E-state index is 12.8. The van der Waals surface area contributed by atoms with E-state index >= 15 is 0 Å². The summed E-state index contributed by atoms with van der Waals surface area (Å²) in [6, 6.07) is 5.16. The molecule has 0 radical (unpaired) electrons. The van der Waals surface area contributed by atoms with Crippen LogP contribution in [-0.4, -0.2) is 47.4 Å². The normalized spacial score (nSPS) is 17.7. The van der Waals surface area contributed by atoms with Gasteiger partial charge in [0.05, 0.1) is 6.42 Å². The number of nitrogens with one attached hydrogen (secondary N) is 2. The van der Waals surface area contributed by atoms with Crippen molar-refractivity contribution >= 4 is 23.8 Å². The number of nitrogens with zero attached hydrogens (tertiary/aromatic N) is 1.